The zero-order chi connectivity index (χ0) is 18.8. The second-order valence-electron chi connectivity index (χ2n) is 6.45. The van der Waals surface area contributed by atoms with Gasteiger partial charge in [-0.3, -0.25) is 9.59 Å². The Labute approximate surface area is 161 Å². The molecule has 27 heavy (non-hydrogen) atoms. The number of rotatable bonds is 5. The summed E-state index contributed by atoms with van der Waals surface area (Å²) in [6.07, 6.45) is 0.161. The molecule has 2 heterocycles. The molecule has 6 nitrogen and oxygen atoms in total. The van der Waals surface area contributed by atoms with Gasteiger partial charge in [-0.15, -0.1) is 11.8 Å². The molecule has 1 aromatic heterocycles. The largest absolute Gasteiger partial charge is 0.354 e. The molecule has 1 aliphatic rings. The summed E-state index contributed by atoms with van der Waals surface area (Å²) in [5.74, 6) is 0.679. The van der Waals surface area contributed by atoms with Gasteiger partial charge in [-0.2, -0.15) is 0 Å². The summed E-state index contributed by atoms with van der Waals surface area (Å²) in [6.45, 7) is 3.10. The summed E-state index contributed by atoms with van der Waals surface area (Å²) in [4.78, 5) is 30.1. The maximum atomic E-state index is 12.3. The second kappa shape index (κ2) is 7.44. The van der Waals surface area contributed by atoms with Crippen LogP contribution in [0, 0.1) is 6.92 Å². The first-order valence-electron chi connectivity index (χ1n) is 8.87. The van der Waals surface area contributed by atoms with E-state index in [-0.39, 0.29) is 18.2 Å². The summed E-state index contributed by atoms with van der Waals surface area (Å²) >= 11 is 1.44. The minimum Gasteiger partial charge on any atom is -0.354 e. The Bertz CT molecular complexity index is 1010. The molecule has 2 amide bonds. The second-order valence-corrected chi connectivity index (χ2v) is 7.69. The molecule has 1 aliphatic heterocycles. The molecule has 2 N–H and O–H groups in total. The van der Waals surface area contributed by atoms with Crippen molar-refractivity contribution in [3.8, 4) is 0 Å². The Balaban J connectivity index is 1.34. The number of carbonyl (C=O) groups is 2. The van der Waals surface area contributed by atoms with E-state index in [1.807, 2.05) is 55.5 Å². The number of hydrogen-bond donors (Lipinski definition) is 2. The minimum absolute atomic E-state index is 0.120. The molecule has 0 aliphatic carbocycles. The molecule has 4 rings (SSSR count). The summed E-state index contributed by atoms with van der Waals surface area (Å²) in [6, 6.07) is 15.6. The van der Waals surface area contributed by atoms with Crippen LogP contribution in [-0.4, -0.2) is 33.2 Å². The topological polar surface area (TPSA) is 76.0 Å². The van der Waals surface area contributed by atoms with Crippen molar-refractivity contribution in [1.29, 1.82) is 0 Å². The van der Waals surface area contributed by atoms with E-state index in [0.717, 1.165) is 27.4 Å². The number of thioether (sulfide) groups is 1. The predicted molar refractivity (Wildman–Crippen MR) is 107 cm³/mol. The van der Waals surface area contributed by atoms with Crippen LogP contribution in [0.25, 0.3) is 11.0 Å². The number of aromatic nitrogens is 2. The fourth-order valence-corrected chi connectivity index (χ4v) is 4.36. The average molecular weight is 380 g/mol. The van der Waals surface area contributed by atoms with E-state index in [1.54, 1.807) is 0 Å². The lowest BCUT2D eigenvalue weighted by atomic mass is 10.2. The number of anilines is 1. The van der Waals surface area contributed by atoms with E-state index in [1.165, 1.54) is 11.8 Å². The highest BCUT2D eigenvalue weighted by molar-refractivity contribution is 8.01. The Morgan fingerprint density at radius 1 is 1.22 bits per heavy atom. The quantitative estimate of drug-likeness (QED) is 0.714. The molecule has 1 atom stereocenters. The normalized spacial score (nSPS) is 16.0. The number of aryl methyl sites for hydroxylation is 1. The third-order valence-corrected chi connectivity index (χ3v) is 5.86. The molecule has 0 bridgehead atoms. The van der Waals surface area contributed by atoms with Gasteiger partial charge in [-0.05, 0) is 31.2 Å². The van der Waals surface area contributed by atoms with Crippen molar-refractivity contribution in [2.45, 2.75) is 30.0 Å². The maximum Gasteiger partial charge on any atom is 0.238 e. The first kappa shape index (κ1) is 17.6. The van der Waals surface area contributed by atoms with Gasteiger partial charge in [0, 0.05) is 24.4 Å². The zero-order valence-corrected chi connectivity index (χ0v) is 15.8. The van der Waals surface area contributed by atoms with Gasteiger partial charge >= 0.3 is 0 Å². The van der Waals surface area contributed by atoms with E-state index in [9.17, 15) is 9.59 Å². The van der Waals surface area contributed by atoms with Crippen LogP contribution < -0.4 is 10.6 Å². The molecular formula is C20H20N4O2S. The van der Waals surface area contributed by atoms with Crippen LogP contribution in [0.3, 0.4) is 0 Å². The highest BCUT2D eigenvalue weighted by Crippen LogP contribution is 2.36. The number of nitrogens with one attached hydrogen (secondary N) is 2. The van der Waals surface area contributed by atoms with Crippen molar-refractivity contribution < 1.29 is 9.59 Å². The first-order valence-corrected chi connectivity index (χ1v) is 9.75. The number of imidazole rings is 1. The zero-order valence-electron chi connectivity index (χ0n) is 14.9. The lowest BCUT2D eigenvalue weighted by Crippen LogP contribution is -2.35. The molecule has 0 fully saturated rings. The summed E-state index contributed by atoms with van der Waals surface area (Å²) < 4.78 is 2.09. The number of benzene rings is 2. The van der Waals surface area contributed by atoms with Crippen molar-refractivity contribution in [3.05, 3.63) is 54.4 Å². The van der Waals surface area contributed by atoms with E-state index < -0.39 is 5.25 Å². The van der Waals surface area contributed by atoms with Gasteiger partial charge in [-0.1, -0.05) is 24.3 Å². The van der Waals surface area contributed by atoms with Crippen LogP contribution in [0.15, 0.2) is 53.4 Å². The lowest BCUT2D eigenvalue weighted by Gasteiger charge is -2.23. The van der Waals surface area contributed by atoms with E-state index in [4.69, 9.17) is 0 Å². The molecular weight excluding hydrogens is 360 g/mol. The standard InChI is InChI=1S/C20H20N4O2S/c1-13-22-14-6-2-4-8-16(14)24(13)11-10-21-19(25)12-18-20(26)23-15-7-3-5-9-17(15)27-18/h2-9,18H,10-12H2,1H3,(H,21,25)(H,23,26)/t18-/m1/s1. The Hall–Kier alpha value is -2.80. The number of fused-ring (bicyclic) bond motifs is 2. The molecule has 0 unspecified atom stereocenters. The van der Waals surface area contributed by atoms with Gasteiger partial charge in [0.15, 0.2) is 0 Å². The number of hydrogen-bond acceptors (Lipinski definition) is 4. The summed E-state index contributed by atoms with van der Waals surface area (Å²) in [5.41, 5.74) is 2.82. The van der Waals surface area contributed by atoms with Gasteiger partial charge in [0.1, 0.15) is 5.82 Å². The SMILES string of the molecule is Cc1nc2ccccc2n1CCNC(=O)C[C@H]1Sc2ccccc2NC1=O. The van der Waals surface area contributed by atoms with Crippen LogP contribution in [0.4, 0.5) is 5.69 Å². The molecule has 0 spiro atoms. The minimum atomic E-state index is -0.407. The smallest absolute Gasteiger partial charge is 0.238 e. The van der Waals surface area contributed by atoms with Gasteiger partial charge in [-0.25, -0.2) is 4.98 Å². The van der Waals surface area contributed by atoms with Crippen molar-refractivity contribution in [2.75, 3.05) is 11.9 Å². The van der Waals surface area contributed by atoms with Gasteiger partial charge < -0.3 is 15.2 Å². The maximum absolute atomic E-state index is 12.3. The highest BCUT2D eigenvalue weighted by Gasteiger charge is 2.28. The molecule has 0 radical (unpaired) electrons. The molecule has 7 heteroatoms. The van der Waals surface area contributed by atoms with Crippen molar-refractivity contribution in [1.82, 2.24) is 14.9 Å². The van der Waals surface area contributed by atoms with Crippen LogP contribution in [0.2, 0.25) is 0 Å². The Morgan fingerprint density at radius 3 is 2.89 bits per heavy atom. The van der Waals surface area contributed by atoms with E-state index >= 15 is 0 Å². The first-order chi connectivity index (χ1) is 13.1. The number of amides is 2. The Morgan fingerprint density at radius 2 is 2.00 bits per heavy atom. The van der Waals surface area contributed by atoms with Crippen molar-refractivity contribution >= 4 is 40.3 Å². The molecule has 138 valence electrons. The predicted octanol–water partition coefficient (Wildman–Crippen LogP) is 2.96. The molecule has 3 aromatic rings. The number of nitrogens with zero attached hydrogens (tertiary/aromatic N) is 2. The van der Waals surface area contributed by atoms with Crippen LogP contribution in [0.5, 0.6) is 0 Å². The summed E-state index contributed by atoms with van der Waals surface area (Å²) in [5, 5.41) is 5.39. The number of para-hydroxylation sites is 3. The fraction of sp³-hybridized carbons (Fsp3) is 0.250. The summed E-state index contributed by atoms with van der Waals surface area (Å²) in [7, 11) is 0. The van der Waals surface area contributed by atoms with Crippen LogP contribution in [0.1, 0.15) is 12.2 Å². The third kappa shape index (κ3) is 3.68. The monoisotopic (exact) mass is 380 g/mol. The third-order valence-electron chi connectivity index (χ3n) is 4.58. The molecule has 0 saturated heterocycles. The van der Waals surface area contributed by atoms with E-state index in [2.05, 4.69) is 20.2 Å². The van der Waals surface area contributed by atoms with Crippen molar-refractivity contribution in [2.24, 2.45) is 0 Å². The van der Waals surface area contributed by atoms with Gasteiger partial charge in [0.2, 0.25) is 11.8 Å². The fourth-order valence-electron chi connectivity index (χ4n) is 3.25. The Kier molecular flexibility index (Phi) is 4.85. The number of carbonyl (C=O) groups excluding carboxylic acids is 2. The molecule has 2 aromatic carbocycles. The molecule has 0 saturated carbocycles. The van der Waals surface area contributed by atoms with Gasteiger partial charge in [0.05, 0.1) is 22.0 Å². The average Bonchev–Trinajstić information content (AvgIpc) is 2.98. The van der Waals surface area contributed by atoms with Crippen LogP contribution >= 0.6 is 11.8 Å². The lowest BCUT2D eigenvalue weighted by molar-refractivity contribution is -0.124. The van der Waals surface area contributed by atoms with Crippen molar-refractivity contribution in [3.63, 3.8) is 0 Å². The highest BCUT2D eigenvalue weighted by atomic mass is 32.2. The van der Waals surface area contributed by atoms with Crippen LogP contribution in [-0.2, 0) is 16.1 Å². The van der Waals surface area contributed by atoms with Gasteiger partial charge in [0.25, 0.3) is 0 Å². The van der Waals surface area contributed by atoms with E-state index in [0.29, 0.717) is 13.1 Å².